The molecule has 1 heterocycles. The van der Waals surface area contributed by atoms with E-state index in [0.29, 0.717) is 24.6 Å². The number of nitrogens with one attached hydrogen (secondary N) is 1. The van der Waals surface area contributed by atoms with E-state index < -0.39 is 11.8 Å². The number of amides is 2. The van der Waals surface area contributed by atoms with Gasteiger partial charge in [0.1, 0.15) is 0 Å². The summed E-state index contributed by atoms with van der Waals surface area (Å²) in [7, 11) is 3.13. The maximum Gasteiger partial charge on any atom is 0.312 e. The molecular formula is C21H24N2O4. The summed E-state index contributed by atoms with van der Waals surface area (Å²) in [4.78, 5) is 26.6. The second kappa shape index (κ2) is 8.12. The van der Waals surface area contributed by atoms with E-state index in [1.807, 2.05) is 31.2 Å². The van der Waals surface area contributed by atoms with Crippen LogP contribution in [0.15, 0.2) is 42.5 Å². The Balaban J connectivity index is 1.65. The van der Waals surface area contributed by atoms with Gasteiger partial charge in [-0.25, -0.2) is 0 Å². The molecule has 0 saturated heterocycles. The first-order valence-corrected chi connectivity index (χ1v) is 8.92. The lowest BCUT2D eigenvalue weighted by Crippen LogP contribution is -2.45. The zero-order valence-electron chi connectivity index (χ0n) is 15.8. The largest absolute Gasteiger partial charge is 0.493 e. The molecular weight excluding hydrogens is 344 g/mol. The average molecular weight is 368 g/mol. The summed E-state index contributed by atoms with van der Waals surface area (Å²) in [5, 5.41) is 2.78. The Morgan fingerprint density at radius 1 is 1.04 bits per heavy atom. The maximum absolute atomic E-state index is 12.6. The van der Waals surface area contributed by atoms with Gasteiger partial charge in [0.15, 0.2) is 11.5 Å². The van der Waals surface area contributed by atoms with Crippen LogP contribution in [0.3, 0.4) is 0 Å². The number of carbonyl (C=O) groups is 2. The van der Waals surface area contributed by atoms with E-state index in [-0.39, 0.29) is 6.04 Å². The Labute approximate surface area is 159 Å². The molecule has 6 nitrogen and oxygen atoms in total. The van der Waals surface area contributed by atoms with E-state index in [9.17, 15) is 9.59 Å². The first-order valence-electron chi connectivity index (χ1n) is 8.92. The predicted octanol–water partition coefficient (Wildman–Crippen LogP) is 2.47. The van der Waals surface area contributed by atoms with E-state index in [2.05, 4.69) is 11.4 Å². The highest BCUT2D eigenvalue weighted by Crippen LogP contribution is 2.30. The van der Waals surface area contributed by atoms with Gasteiger partial charge in [-0.2, -0.15) is 0 Å². The van der Waals surface area contributed by atoms with Crippen molar-refractivity contribution in [1.29, 1.82) is 0 Å². The number of hydrogen-bond donors (Lipinski definition) is 1. The fourth-order valence-corrected chi connectivity index (χ4v) is 3.28. The molecule has 2 aromatic carbocycles. The lowest BCUT2D eigenvalue weighted by Gasteiger charge is -2.28. The first kappa shape index (κ1) is 18.8. The van der Waals surface area contributed by atoms with Crippen molar-refractivity contribution in [2.45, 2.75) is 25.9 Å². The molecule has 0 spiro atoms. The zero-order valence-corrected chi connectivity index (χ0v) is 15.8. The topological polar surface area (TPSA) is 67.9 Å². The molecule has 2 aromatic rings. The number of hydrogen-bond acceptors (Lipinski definition) is 4. The minimum Gasteiger partial charge on any atom is -0.493 e. The standard InChI is InChI=1S/C21H24N2O4/c1-14(16-8-9-18(26-2)19(12-16)27-3)22-20(24)21(25)23-11-10-15-6-4-5-7-17(15)13-23/h4-9,12,14H,10-11,13H2,1-3H3,(H,22,24). The smallest absolute Gasteiger partial charge is 0.312 e. The molecule has 27 heavy (non-hydrogen) atoms. The van der Waals surface area contributed by atoms with Crippen LogP contribution in [0.5, 0.6) is 11.5 Å². The van der Waals surface area contributed by atoms with Gasteiger partial charge in [-0.1, -0.05) is 30.3 Å². The van der Waals surface area contributed by atoms with Crippen LogP contribution in [-0.4, -0.2) is 37.5 Å². The van der Waals surface area contributed by atoms with Crippen molar-refractivity contribution in [3.05, 3.63) is 59.2 Å². The molecule has 1 unspecified atom stereocenters. The highest BCUT2D eigenvalue weighted by Gasteiger charge is 2.26. The Morgan fingerprint density at radius 2 is 1.74 bits per heavy atom. The second-order valence-electron chi connectivity index (χ2n) is 6.55. The average Bonchev–Trinajstić information content (AvgIpc) is 2.72. The molecule has 1 aliphatic rings. The van der Waals surface area contributed by atoms with Crippen molar-refractivity contribution in [1.82, 2.24) is 10.2 Å². The van der Waals surface area contributed by atoms with E-state index in [4.69, 9.17) is 9.47 Å². The van der Waals surface area contributed by atoms with E-state index >= 15 is 0 Å². The van der Waals surface area contributed by atoms with Gasteiger partial charge in [0.05, 0.1) is 20.3 Å². The lowest BCUT2D eigenvalue weighted by atomic mass is 10.00. The lowest BCUT2D eigenvalue weighted by molar-refractivity contribution is -0.146. The molecule has 0 radical (unpaired) electrons. The van der Waals surface area contributed by atoms with Crippen LogP contribution in [0.1, 0.15) is 29.7 Å². The zero-order chi connectivity index (χ0) is 19.4. The molecule has 0 aromatic heterocycles. The van der Waals surface area contributed by atoms with Crippen molar-refractivity contribution < 1.29 is 19.1 Å². The fourth-order valence-electron chi connectivity index (χ4n) is 3.28. The predicted molar refractivity (Wildman–Crippen MR) is 102 cm³/mol. The monoisotopic (exact) mass is 368 g/mol. The fraction of sp³-hybridized carbons (Fsp3) is 0.333. The maximum atomic E-state index is 12.6. The minimum atomic E-state index is -0.600. The van der Waals surface area contributed by atoms with Crippen LogP contribution in [0.25, 0.3) is 0 Å². The molecule has 142 valence electrons. The molecule has 0 bridgehead atoms. The van der Waals surface area contributed by atoms with Crippen LogP contribution >= 0.6 is 0 Å². The summed E-state index contributed by atoms with van der Waals surface area (Å²) < 4.78 is 10.5. The summed E-state index contributed by atoms with van der Waals surface area (Å²) in [5.74, 6) is 0.0893. The van der Waals surface area contributed by atoms with Gasteiger partial charge >= 0.3 is 11.8 Å². The number of nitrogens with zero attached hydrogens (tertiary/aromatic N) is 1. The number of carbonyl (C=O) groups excluding carboxylic acids is 2. The Bertz CT molecular complexity index is 850. The Morgan fingerprint density at radius 3 is 2.44 bits per heavy atom. The van der Waals surface area contributed by atoms with Crippen LogP contribution in [0, 0.1) is 0 Å². The second-order valence-corrected chi connectivity index (χ2v) is 6.55. The van der Waals surface area contributed by atoms with Gasteiger partial charge in [0, 0.05) is 13.1 Å². The van der Waals surface area contributed by atoms with Crippen molar-refractivity contribution in [3.8, 4) is 11.5 Å². The highest BCUT2D eigenvalue weighted by molar-refractivity contribution is 6.35. The first-order chi connectivity index (χ1) is 13.0. The van der Waals surface area contributed by atoms with Crippen molar-refractivity contribution in [2.75, 3.05) is 20.8 Å². The van der Waals surface area contributed by atoms with Gasteiger partial charge in [0.25, 0.3) is 0 Å². The minimum absolute atomic E-state index is 0.335. The van der Waals surface area contributed by atoms with E-state index in [0.717, 1.165) is 17.5 Å². The van der Waals surface area contributed by atoms with Gasteiger partial charge in [-0.3, -0.25) is 9.59 Å². The molecule has 6 heteroatoms. The highest BCUT2D eigenvalue weighted by atomic mass is 16.5. The quantitative estimate of drug-likeness (QED) is 0.842. The molecule has 3 rings (SSSR count). The summed E-state index contributed by atoms with van der Waals surface area (Å²) in [6.07, 6.45) is 0.764. The summed E-state index contributed by atoms with van der Waals surface area (Å²) in [6.45, 7) is 2.85. The van der Waals surface area contributed by atoms with Crippen LogP contribution in [-0.2, 0) is 22.6 Å². The van der Waals surface area contributed by atoms with Crippen LogP contribution in [0.4, 0.5) is 0 Å². The van der Waals surface area contributed by atoms with Gasteiger partial charge in [-0.15, -0.1) is 0 Å². The molecule has 0 aliphatic carbocycles. The third-order valence-electron chi connectivity index (χ3n) is 4.87. The molecule has 0 fully saturated rings. The number of ether oxygens (including phenoxy) is 2. The third-order valence-corrected chi connectivity index (χ3v) is 4.87. The van der Waals surface area contributed by atoms with Crippen molar-refractivity contribution in [2.24, 2.45) is 0 Å². The summed E-state index contributed by atoms with van der Waals surface area (Å²) in [5.41, 5.74) is 3.16. The molecule has 1 aliphatic heterocycles. The van der Waals surface area contributed by atoms with Crippen molar-refractivity contribution >= 4 is 11.8 Å². The van der Waals surface area contributed by atoms with Crippen molar-refractivity contribution in [3.63, 3.8) is 0 Å². The van der Waals surface area contributed by atoms with E-state index in [1.165, 1.54) is 5.56 Å². The summed E-state index contributed by atoms with van der Waals surface area (Å²) >= 11 is 0. The Hall–Kier alpha value is -3.02. The SMILES string of the molecule is COc1ccc(C(C)NC(=O)C(=O)N2CCc3ccccc3C2)cc1OC. The Kier molecular flexibility index (Phi) is 5.64. The summed E-state index contributed by atoms with van der Waals surface area (Å²) in [6, 6.07) is 13.1. The van der Waals surface area contributed by atoms with Crippen LogP contribution in [0.2, 0.25) is 0 Å². The van der Waals surface area contributed by atoms with E-state index in [1.54, 1.807) is 31.3 Å². The normalized spacial score (nSPS) is 14.1. The molecule has 2 amide bonds. The number of rotatable bonds is 4. The molecule has 1 atom stereocenters. The third kappa shape index (κ3) is 4.05. The van der Waals surface area contributed by atoms with Crippen LogP contribution < -0.4 is 14.8 Å². The number of methoxy groups -OCH3 is 2. The van der Waals surface area contributed by atoms with Gasteiger partial charge in [-0.05, 0) is 42.2 Å². The number of fused-ring (bicyclic) bond motifs is 1. The molecule has 1 N–H and O–H groups in total. The molecule has 0 saturated carbocycles. The number of benzene rings is 2. The van der Waals surface area contributed by atoms with Gasteiger partial charge < -0.3 is 19.7 Å². The van der Waals surface area contributed by atoms with Gasteiger partial charge in [0.2, 0.25) is 0 Å².